The Hall–Kier alpha value is -1.76. The van der Waals surface area contributed by atoms with Crippen LogP contribution in [-0.4, -0.2) is 140 Å². The lowest BCUT2D eigenvalue weighted by molar-refractivity contribution is -0.370. The summed E-state index contributed by atoms with van der Waals surface area (Å²) in [6.45, 7) is 6.84. The number of carbonyl (C=O) groups is 2. The van der Waals surface area contributed by atoms with Gasteiger partial charge in [0, 0.05) is 30.8 Å². The molecule has 15 nitrogen and oxygen atoms in total. The summed E-state index contributed by atoms with van der Waals surface area (Å²) in [5.41, 5.74) is -1.08. The highest BCUT2D eigenvalue weighted by atomic mass is 16.8. The third-order valence-electron chi connectivity index (χ3n) is 14.4. The van der Waals surface area contributed by atoms with Crippen LogP contribution in [0, 0.1) is 34.5 Å². The molecule has 7 N–H and O–H groups in total. The molecular formula is C37H56O15. The van der Waals surface area contributed by atoms with E-state index in [4.69, 9.17) is 28.4 Å². The predicted molar refractivity (Wildman–Crippen MR) is 177 cm³/mol. The van der Waals surface area contributed by atoms with Gasteiger partial charge in [-0.3, -0.25) is 4.79 Å². The van der Waals surface area contributed by atoms with Gasteiger partial charge in [-0.25, -0.2) is 4.79 Å². The van der Waals surface area contributed by atoms with Crippen molar-refractivity contribution in [1.82, 2.24) is 0 Å². The zero-order valence-electron chi connectivity index (χ0n) is 30.3. The smallest absolute Gasteiger partial charge is 0.331 e. The molecule has 0 aromatic heterocycles. The van der Waals surface area contributed by atoms with Crippen LogP contribution in [0.25, 0.3) is 0 Å². The van der Waals surface area contributed by atoms with Gasteiger partial charge in [-0.1, -0.05) is 13.8 Å². The molecule has 0 unspecified atom stereocenters. The minimum absolute atomic E-state index is 0.0397. The van der Waals surface area contributed by atoms with Crippen LogP contribution in [0.1, 0.15) is 79.1 Å². The lowest BCUT2D eigenvalue weighted by Crippen LogP contribution is -2.64. The lowest BCUT2D eigenvalue weighted by Gasteiger charge is -2.63. The van der Waals surface area contributed by atoms with Gasteiger partial charge in [0.05, 0.1) is 24.4 Å². The number of aliphatic hydroxyl groups is 7. The number of cyclic esters (lactones) is 1. The average Bonchev–Trinajstić information content (AvgIpc) is 3.61. The fourth-order valence-electron chi connectivity index (χ4n) is 11.6. The molecule has 0 bridgehead atoms. The van der Waals surface area contributed by atoms with E-state index in [0.29, 0.717) is 25.7 Å². The number of hydrogen-bond donors (Lipinski definition) is 7. The van der Waals surface area contributed by atoms with Gasteiger partial charge in [-0.15, -0.1) is 0 Å². The largest absolute Gasteiger partial charge is 0.462 e. The van der Waals surface area contributed by atoms with E-state index in [1.165, 1.54) is 13.0 Å². The van der Waals surface area contributed by atoms with Gasteiger partial charge in [0.25, 0.3) is 0 Å². The molecule has 0 amide bonds. The number of hydrogen-bond acceptors (Lipinski definition) is 15. The van der Waals surface area contributed by atoms with E-state index in [1.807, 2.05) is 0 Å². The van der Waals surface area contributed by atoms with Crippen LogP contribution in [0.15, 0.2) is 11.6 Å². The van der Waals surface area contributed by atoms with Crippen LogP contribution >= 0.6 is 0 Å². The molecular weight excluding hydrogens is 684 g/mol. The summed E-state index contributed by atoms with van der Waals surface area (Å²) in [6.07, 6.45) is -7.73. The maximum atomic E-state index is 12.8. The topological polar surface area (TPSA) is 231 Å². The molecule has 0 spiro atoms. The number of fused-ring (bicyclic) bond motifs is 5. The fourth-order valence-corrected chi connectivity index (χ4v) is 11.6. The standard InChI is InChI=1S/C37H56O15/c1-16-27(41)30(44)32(52-33-31(45)29(43)28(42)24(14-38)51-33)34(48-16)50-20-7-9-35(3)19(12-20)5-6-22-21(35)8-10-36(4)26(18-11-25(40)47-15-18)23(49-17(2)39)13-37(22,36)46/h11,16,19-24,26-34,38,41-46H,5-10,12-15H2,1-4H3/t16-,19-,20-,21+,22+,23-,24-,26+,27-,28-,29+,30+,31-,32-,33+,34+,35+,36-,37+/m0/s1. The van der Waals surface area contributed by atoms with Crippen LogP contribution in [0.3, 0.4) is 0 Å². The van der Waals surface area contributed by atoms with Gasteiger partial charge < -0.3 is 64.2 Å². The summed E-state index contributed by atoms with van der Waals surface area (Å²) < 4.78 is 35.1. The summed E-state index contributed by atoms with van der Waals surface area (Å²) in [7, 11) is 0. The van der Waals surface area contributed by atoms with Crippen molar-refractivity contribution in [3.8, 4) is 0 Å². The monoisotopic (exact) mass is 740 g/mol. The zero-order chi connectivity index (χ0) is 37.5. The fraction of sp³-hybridized carbons (Fsp3) is 0.892. The minimum atomic E-state index is -1.72. The Kier molecular flexibility index (Phi) is 10.4. The van der Waals surface area contributed by atoms with Crippen molar-refractivity contribution in [2.24, 2.45) is 34.5 Å². The molecule has 2 saturated heterocycles. The first kappa shape index (κ1) is 38.5. The highest BCUT2D eigenvalue weighted by Crippen LogP contribution is 2.70. The predicted octanol–water partition coefficient (Wildman–Crippen LogP) is -0.178. The molecule has 0 aromatic carbocycles. The van der Waals surface area contributed by atoms with Crippen LogP contribution in [0.5, 0.6) is 0 Å². The lowest BCUT2D eigenvalue weighted by atomic mass is 9.43. The number of aliphatic hydroxyl groups excluding tert-OH is 6. The first-order valence-electron chi connectivity index (χ1n) is 18.9. The van der Waals surface area contributed by atoms with Crippen molar-refractivity contribution in [3.05, 3.63) is 11.6 Å². The average molecular weight is 741 g/mol. The quantitative estimate of drug-likeness (QED) is 0.133. The van der Waals surface area contributed by atoms with Crippen LogP contribution in [0.4, 0.5) is 0 Å². The Bertz CT molecular complexity index is 1390. The molecule has 19 atom stereocenters. The van der Waals surface area contributed by atoms with Gasteiger partial charge in [-0.05, 0) is 80.6 Å². The molecule has 52 heavy (non-hydrogen) atoms. The summed E-state index contributed by atoms with van der Waals surface area (Å²) in [5, 5.41) is 75.3. The first-order valence-corrected chi connectivity index (χ1v) is 18.9. The molecule has 3 aliphatic heterocycles. The van der Waals surface area contributed by atoms with Crippen molar-refractivity contribution in [1.29, 1.82) is 0 Å². The maximum Gasteiger partial charge on any atom is 0.331 e. The second kappa shape index (κ2) is 14.1. The van der Waals surface area contributed by atoms with Gasteiger partial charge in [0.1, 0.15) is 55.4 Å². The summed E-state index contributed by atoms with van der Waals surface area (Å²) in [5.74, 6) is -0.761. The van der Waals surface area contributed by atoms with Gasteiger partial charge >= 0.3 is 11.9 Å². The zero-order valence-corrected chi connectivity index (χ0v) is 30.3. The summed E-state index contributed by atoms with van der Waals surface area (Å²) in [6, 6.07) is 0. The highest BCUT2D eigenvalue weighted by Gasteiger charge is 2.71. The molecule has 3 heterocycles. The van der Waals surface area contributed by atoms with Crippen molar-refractivity contribution < 1.29 is 73.8 Å². The van der Waals surface area contributed by atoms with E-state index in [0.717, 1.165) is 31.3 Å². The minimum Gasteiger partial charge on any atom is -0.462 e. The third kappa shape index (κ3) is 6.16. The molecule has 6 fully saturated rings. The molecule has 7 rings (SSSR count). The number of carbonyl (C=O) groups excluding carboxylic acids is 2. The second-order valence-electron chi connectivity index (χ2n) is 17.1. The van der Waals surface area contributed by atoms with E-state index in [2.05, 4.69) is 13.8 Å². The normalized spacial score (nSPS) is 53.3. The molecule has 7 aliphatic rings. The van der Waals surface area contributed by atoms with Crippen molar-refractivity contribution >= 4 is 11.9 Å². The number of ether oxygens (including phenoxy) is 6. The number of esters is 2. The summed E-state index contributed by atoms with van der Waals surface area (Å²) in [4.78, 5) is 24.4. The van der Waals surface area contributed by atoms with Gasteiger partial charge in [0.15, 0.2) is 12.6 Å². The van der Waals surface area contributed by atoms with Crippen LogP contribution in [0.2, 0.25) is 0 Å². The number of rotatable bonds is 7. The second-order valence-corrected chi connectivity index (χ2v) is 17.1. The van der Waals surface area contributed by atoms with E-state index in [1.54, 1.807) is 6.92 Å². The van der Waals surface area contributed by atoms with Crippen LogP contribution in [-0.2, 0) is 38.0 Å². The van der Waals surface area contributed by atoms with Crippen LogP contribution < -0.4 is 0 Å². The molecule has 15 heteroatoms. The Balaban J connectivity index is 1.07. The SMILES string of the molecule is CC(=O)O[C@H]1C[C@@]2(O)[C@@H]3CC[C@H]4C[C@@H](O[C@H]5O[C@@H](C)[C@H](O)[C@@H](O)[C@@H]5O[C@H]5O[C@@H](CO)[C@H](O)[C@@H](O)[C@@H]5O)CC[C@@]4(C)[C@@H]3CC[C@@]2(C)[C@@H]1C1=CC(=O)OC1. The van der Waals surface area contributed by atoms with Crippen molar-refractivity contribution in [2.45, 2.75) is 158 Å². The van der Waals surface area contributed by atoms with E-state index < -0.39 is 97.1 Å². The Morgan fingerprint density at radius 1 is 0.904 bits per heavy atom. The van der Waals surface area contributed by atoms with Gasteiger partial charge in [-0.2, -0.15) is 0 Å². The van der Waals surface area contributed by atoms with E-state index in [-0.39, 0.29) is 41.8 Å². The first-order chi connectivity index (χ1) is 24.5. The van der Waals surface area contributed by atoms with E-state index in [9.17, 15) is 45.3 Å². The molecule has 4 saturated carbocycles. The van der Waals surface area contributed by atoms with E-state index >= 15 is 0 Å². The molecule has 294 valence electrons. The molecule has 4 aliphatic carbocycles. The summed E-state index contributed by atoms with van der Waals surface area (Å²) >= 11 is 0. The highest BCUT2D eigenvalue weighted by molar-refractivity contribution is 5.85. The Morgan fingerprint density at radius 2 is 1.65 bits per heavy atom. The van der Waals surface area contributed by atoms with Crippen molar-refractivity contribution in [3.63, 3.8) is 0 Å². The molecule has 0 aromatic rings. The van der Waals surface area contributed by atoms with Crippen molar-refractivity contribution in [2.75, 3.05) is 13.2 Å². The van der Waals surface area contributed by atoms with Gasteiger partial charge in [0.2, 0.25) is 0 Å². The third-order valence-corrected chi connectivity index (χ3v) is 14.4. The molecule has 0 radical (unpaired) electrons. The maximum absolute atomic E-state index is 12.8. The Labute approximate surface area is 303 Å². The Morgan fingerprint density at radius 3 is 2.33 bits per heavy atom.